The number of rotatable bonds is 5. The van der Waals surface area contributed by atoms with Gasteiger partial charge in [-0.25, -0.2) is 0 Å². The number of nitrogens with one attached hydrogen (secondary N) is 2. The highest BCUT2D eigenvalue weighted by molar-refractivity contribution is 6.68. The zero-order chi connectivity index (χ0) is 16.9. The van der Waals surface area contributed by atoms with Crippen molar-refractivity contribution in [2.75, 3.05) is 5.32 Å². The maximum atomic E-state index is 11.8. The summed E-state index contributed by atoms with van der Waals surface area (Å²) in [4.78, 5) is 22.8. The second-order valence-electron chi connectivity index (χ2n) is 4.91. The van der Waals surface area contributed by atoms with Crippen LogP contribution in [0.15, 0.2) is 24.3 Å². The van der Waals surface area contributed by atoms with Crippen molar-refractivity contribution in [2.45, 2.75) is 30.8 Å². The van der Waals surface area contributed by atoms with Crippen LogP contribution in [0.2, 0.25) is 0 Å². The summed E-state index contributed by atoms with van der Waals surface area (Å²) in [5, 5.41) is 5.13. The Hall–Kier alpha value is -1.17. The van der Waals surface area contributed by atoms with Gasteiger partial charge in [-0.1, -0.05) is 54.7 Å². The van der Waals surface area contributed by atoms with Gasteiger partial charge < -0.3 is 15.4 Å². The Morgan fingerprint density at radius 1 is 1.23 bits per heavy atom. The zero-order valence-electron chi connectivity index (χ0n) is 12.3. The molecule has 1 aromatic rings. The molecule has 0 saturated heterocycles. The molecule has 0 bridgehead atoms. The lowest BCUT2D eigenvalue weighted by Gasteiger charge is -2.27. The molecule has 8 heteroatoms. The van der Waals surface area contributed by atoms with Crippen LogP contribution in [0.25, 0.3) is 0 Å². The Bertz CT molecular complexity index is 544. The van der Waals surface area contributed by atoms with Gasteiger partial charge in [0, 0.05) is 24.6 Å². The standard InChI is InChI=1S/C14H17Cl3N2O3/c1-8(2)12(21)19-13(14(15,16)17)22-11-6-4-5-10(7-11)18-9(3)20/h4-8,13H,1-3H3,(H,18,20)(H,19,21)/t13-/m1/s1. The molecule has 1 atom stereocenters. The van der Waals surface area contributed by atoms with E-state index in [4.69, 9.17) is 39.5 Å². The molecule has 0 aliphatic heterocycles. The molecule has 1 aromatic carbocycles. The van der Waals surface area contributed by atoms with E-state index in [2.05, 4.69) is 10.6 Å². The molecule has 5 nitrogen and oxygen atoms in total. The van der Waals surface area contributed by atoms with Crippen LogP contribution in [0.5, 0.6) is 5.75 Å². The molecule has 0 radical (unpaired) electrons. The monoisotopic (exact) mass is 366 g/mol. The van der Waals surface area contributed by atoms with Crippen molar-refractivity contribution in [3.05, 3.63) is 24.3 Å². The minimum atomic E-state index is -1.85. The molecule has 122 valence electrons. The fraction of sp³-hybridized carbons (Fsp3) is 0.429. The van der Waals surface area contributed by atoms with Crippen LogP contribution in [0.1, 0.15) is 20.8 Å². The minimum Gasteiger partial charge on any atom is -0.466 e. The van der Waals surface area contributed by atoms with Crippen molar-refractivity contribution in [2.24, 2.45) is 5.92 Å². The normalized spacial score (nSPS) is 12.7. The molecule has 0 saturated carbocycles. The van der Waals surface area contributed by atoms with Crippen molar-refractivity contribution in [3.8, 4) is 5.75 Å². The van der Waals surface area contributed by atoms with Crippen LogP contribution in [-0.4, -0.2) is 21.8 Å². The van der Waals surface area contributed by atoms with Crippen LogP contribution in [0.3, 0.4) is 0 Å². The van der Waals surface area contributed by atoms with E-state index in [1.165, 1.54) is 6.92 Å². The van der Waals surface area contributed by atoms with Gasteiger partial charge >= 0.3 is 0 Å². The van der Waals surface area contributed by atoms with E-state index in [-0.39, 0.29) is 17.7 Å². The van der Waals surface area contributed by atoms with E-state index in [1.807, 2.05) is 0 Å². The number of benzene rings is 1. The van der Waals surface area contributed by atoms with Gasteiger partial charge in [-0.2, -0.15) is 0 Å². The molecule has 0 spiro atoms. The van der Waals surface area contributed by atoms with Crippen LogP contribution >= 0.6 is 34.8 Å². The van der Waals surface area contributed by atoms with Gasteiger partial charge in [-0.05, 0) is 12.1 Å². The molecular formula is C14H17Cl3N2O3. The smallest absolute Gasteiger partial charge is 0.246 e. The van der Waals surface area contributed by atoms with Crippen molar-refractivity contribution in [3.63, 3.8) is 0 Å². The molecule has 1 rings (SSSR count). The Kier molecular flexibility index (Phi) is 6.78. The summed E-state index contributed by atoms with van der Waals surface area (Å²) < 4.78 is 3.69. The molecule has 0 unspecified atom stereocenters. The Morgan fingerprint density at radius 3 is 2.36 bits per heavy atom. The van der Waals surface area contributed by atoms with Crippen LogP contribution < -0.4 is 15.4 Å². The second-order valence-corrected chi connectivity index (χ2v) is 7.28. The molecular weight excluding hydrogens is 351 g/mol. The molecule has 0 fully saturated rings. The first-order valence-electron chi connectivity index (χ1n) is 6.51. The zero-order valence-corrected chi connectivity index (χ0v) is 14.6. The average molecular weight is 368 g/mol. The number of alkyl halides is 3. The number of halogens is 3. The first kappa shape index (κ1) is 18.9. The van der Waals surface area contributed by atoms with Crippen molar-refractivity contribution in [1.29, 1.82) is 0 Å². The van der Waals surface area contributed by atoms with Gasteiger partial charge in [0.15, 0.2) is 0 Å². The third-order valence-electron chi connectivity index (χ3n) is 2.50. The highest BCUT2D eigenvalue weighted by atomic mass is 35.6. The van der Waals surface area contributed by atoms with E-state index >= 15 is 0 Å². The predicted molar refractivity (Wildman–Crippen MR) is 88.4 cm³/mol. The predicted octanol–water partition coefficient (Wildman–Crippen LogP) is 3.49. The summed E-state index contributed by atoms with van der Waals surface area (Å²) >= 11 is 17.5. The topological polar surface area (TPSA) is 67.4 Å². The first-order chi connectivity index (χ1) is 10.1. The summed E-state index contributed by atoms with van der Waals surface area (Å²) in [6.07, 6.45) is -1.17. The van der Waals surface area contributed by atoms with E-state index in [0.29, 0.717) is 11.4 Å². The molecule has 0 aliphatic rings. The highest BCUT2D eigenvalue weighted by Crippen LogP contribution is 2.32. The van der Waals surface area contributed by atoms with Crippen LogP contribution in [0.4, 0.5) is 5.69 Å². The molecule has 0 heterocycles. The summed E-state index contributed by atoms with van der Waals surface area (Å²) in [5.41, 5.74) is 0.531. The maximum Gasteiger partial charge on any atom is 0.246 e. The third-order valence-corrected chi connectivity index (χ3v) is 3.10. The molecule has 2 amide bonds. The van der Waals surface area contributed by atoms with E-state index in [9.17, 15) is 9.59 Å². The highest BCUT2D eigenvalue weighted by Gasteiger charge is 2.36. The van der Waals surface area contributed by atoms with Gasteiger partial charge in [-0.15, -0.1) is 0 Å². The molecule has 0 aromatic heterocycles. The molecule has 0 aliphatic carbocycles. The van der Waals surface area contributed by atoms with E-state index in [0.717, 1.165) is 0 Å². The fourth-order valence-electron chi connectivity index (χ4n) is 1.46. The van der Waals surface area contributed by atoms with Crippen molar-refractivity contribution >= 4 is 52.3 Å². The van der Waals surface area contributed by atoms with Gasteiger partial charge in [0.1, 0.15) is 5.75 Å². The van der Waals surface area contributed by atoms with Gasteiger partial charge in [0.2, 0.25) is 21.8 Å². The Balaban J connectivity index is 2.90. The number of carbonyl (C=O) groups is 2. The minimum absolute atomic E-state index is 0.219. The van der Waals surface area contributed by atoms with E-state index < -0.39 is 10.0 Å². The van der Waals surface area contributed by atoms with Gasteiger partial charge in [0.05, 0.1) is 0 Å². The largest absolute Gasteiger partial charge is 0.466 e. The van der Waals surface area contributed by atoms with Crippen molar-refractivity contribution in [1.82, 2.24) is 5.32 Å². The summed E-state index contributed by atoms with van der Waals surface area (Å²) in [5.74, 6) is -0.478. The number of anilines is 1. The number of amides is 2. The lowest BCUT2D eigenvalue weighted by atomic mass is 10.2. The van der Waals surface area contributed by atoms with Gasteiger partial charge in [0.25, 0.3) is 0 Å². The fourth-order valence-corrected chi connectivity index (χ4v) is 1.76. The number of carbonyl (C=O) groups excluding carboxylic acids is 2. The lowest BCUT2D eigenvalue weighted by Crippen LogP contribution is -2.49. The Labute approximate surface area is 144 Å². The summed E-state index contributed by atoms with van der Waals surface area (Å²) in [6, 6.07) is 6.54. The maximum absolute atomic E-state index is 11.8. The molecule has 22 heavy (non-hydrogen) atoms. The Morgan fingerprint density at radius 2 is 1.86 bits per heavy atom. The summed E-state index contributed by atoms with van der Waals surface area (Å²) in [6.45, 7) is 4.81. The first-order valence-corrected chi connectivity index (χ1v) is 7.64. The van der Waals surface area contributed by atoms with Crippen LogP contribution in [-0.2, 0) is 9.59 Å². The number of ether oxygens (including phenoxy) is 1. The number of hydrogen-bond donors (Lipinski definition) is 2. The van der Waals surface area contributed by atoms with E-state index in [1.54, 1.807) is 38.1 Å². The van der Waals surface area contributed by atoms with Crippen LogP contribution in [0, 0.1) is 5.92 Å². The quantitative estimate of drug-likeness (QED) is 0.618. The number of hydrogen-bond acceptors (Lipinski definition) is 3. The third kappa shape index (κ3) is 6.30. The average Bonchev–Trinajstić information content (AvgIpc) is 2.36. The van der Waals surface area contributed by atoms with Crippen molar-refractivity contribution < 1.29 is 14.3 Å². The second kappa shape index (κ2) is 7.90. The molecule has 2 N–H and O–H groups in total. The SMILES string of the molecule is CC(=O)Nc1cccc(O[C@@H](NC(=O)C(C)C)C(Cl)(Cl)Cl)c1. The lowest BCUT2D eigenvalue weighted by molar-refractivity contribution is -0.126. The van der Waals surface area contributed by atoms with Gasteiger partial charge in [-0.3, -0.25) is 9.59 Å². The summed E-state index contributed by atoms with van der Waals surface area (Å²) in [7, 11) is 0.